The van der Waals surface area contributed by atoms with E-state index in [4.69, 9.17) is 10.2 Å². The Kier molecular flexibility index (Phi) is 30.6. The summed E-state index contributed by atoms with van der Waals surface area (Å²) in [5.41, 5.74) is 7.63. The third-order valence-electron chi connectivity index (χ3n) is 11.1. The summed E-state index contributed by atoms with van der Waals surface area (Å²) in [7, 11) is 0. The van der Waals surface area contributed by atoms with E-state index in [0.717, 1.165) is 44.5 Å². The summed E-state index contributed by atoms with van der Waals surface area (Å²) < 4.78 is 0. The number of hydrogen-bond donors (Lipinski definition) is 6. The zero-order valence-corrected chi connectivity index (χ0v) is 48.1. The Hall–Kier alpha value is -9.22. The van der Waals surface area contributed by atoms with Crippen LogP contribution in [0.1, 0.15) is 99.4 Å². The average molecular weight is 1120 g/mol. The summed E-state index contributed by atoms with van der Waals surface area (Å²) in [4.78, 5) is 90.8. The molecule has 0 radical (unpaired) electrons. The number of hydrogen-bond acceptors (Lipinski definition) is 11. The van der Waals surface area contributed by atoms with Gasteiger partial charge in [0.15, 0.2) is 11.6 Å². The molecule has 16 nitrogen and oxygen atoms in total. The second kappa shape index (κ2) is 37.6. The monoisotopic (exact) mass is 1110 g/mol. The smallest absolute Gasteiger partial charge is 0.305 e. The highest BCUT2D eigenvalue weighted by Gasteiger charge is 2.24. The molecule has 0 saturated carbocycles. The van der Waals surface area contributed by atoms with Crippen LogP contribution in [-0.4, -0.2) is 90.9 Å². The molecule has 8 aromatic rings. The third-order valence-corrected chi connectivity index (χ3v) is 12.0. The van der Waals surface area contributed by atoms with Gasteiger partial charge in [-0.25, -0.2) is 19.9 Å². The predicted octanol–water partition coefficient (Wildman–Crippen LogP) is 11.7. The van der Waals surface area contributed by atoms with Crippen LogP contribution in [0.15, 0.2) is 182 Å². The van der Waals surface area contributed by atoms with Crippen LogP contribution >= 0.6 is 11.3 Å². The molecule has 3 heterocycles. The van der Waals surface area contributed by atoms with E-state index in [-0.39, 0.29) is 50.6 Å². The number of carbonyl (C=O) groups excluding carboxylic acids is 4. The van der Waals surface area contributed by atoms with Crippen LogP contribution in [0.4, 0.5) is 0 Å². The number of aromatic nitrogens is 4. The van der Waals surface area contributed by atoms with Crippen LogP contribution in [0.2, 0.25) is 0 Å². The molecule has 5 aromatic carbocycles. The highest BCUT2D eigenvalue weighted by atomic mass is 32.1. The number of benzene rings is 5. The lowest BCUT2D eigenvalue weighted by molar-refractivity contribution is -0.138. The summed E-state index contributed by atoms with van der Waals surface area (Å²) >= 11 is 1.28. The summed E-state index contributed by atoms with van der Waals surface area (Å²) in [5, 5.41) is 30.2. The molecule has 8 rings (SSSR count). The zero-order valence-electron chi connectivity index (χ0n) is 47.3. The van der Waals surface area contributed by atoms with Crippen molar-refractivity contribution in [2.75, 3.05) is 13.1 Å². The molecular formula is C64H74N8O8S. The first-order valence-corrected chi connectivity index (χ1v) is 28.0. The molecular weight excluding hydrogens is 1040 g/mol. The Morgan fingerprint density at radius 2 is 0.778 bits per heavy atom. The van der Waals surface area contributed by atoms with E-state index in [1.807, 2.05) is 165 Å². The van der Waals surface area contributed by atoms with Gasteiger partial charge in [-0.2, -0.15) is 0 Å². The number of aliphatic carboxylic acids is 2. The molecule has 4 amide bonds. The third kappa shape index (κ3) is 22.6. The fourth-order valence-corrected chi connectivity index (χ4v) is 7.91. The molecule has 0 bridgehead atoms. The zero-order chi connectivity index (χ0) is 59.4. The summed E-state index contributed by atoms with van der Waals surface area (Å²) in [6.07, 6.45) is 7.18. The molecule has 0 aliphatic carbocycles. The van der Waals surface area contributed by atoms with E-state index < -0.39 is 35.8 Å². The van der Waals surface area contributed by atoms with Crippen molar-refractivity contribution in [2.45, 2.75) is 93.2 Å². The van der Waals surface area contributed by atoms with Crippen LogP contribution in [0.25, 0.3) is 45.0 Å². The first kappa shape index (κ1) is 66.1. The minimum atomic E-state index is -1.01. The van der Waals surface area contributed by atoms with Gasteiger partial charge >= 0.3 is 11.9 Å². The van der Waals surface area contributed by atoms with Crippen molar-refractivity contribution in [2.24, 2.45) is 0 Å². The van der Waals surface area contributed by atoms with Gasteiger partial charge in [-0.15, -0.1) is 11.3 Å². The van der Waals surface area contributed by atoms with Gasteiger partial charge < -0.3 is 31.5 Å². The van der Waals surface area contributed by atoms with E-state index in [1.54, 1.807) is 72.6 Å². The van der Waals surface area contributed by atoms with Crippen LogP contribution < -0.4 is 21.3 Å². The van der Waals surface area contributed by atoms with Crippen molar-refractivity contribution in [3.8, 4) is 45.0 Å². The normalized spacial score (nSPS) is 10.6. The summed E-state index contributed by atoms with van der Waals surface area (Å²) in [5.74, 6) is -2.50. The standard InChI is InChI=1S/C29H26N4O4.C27H24N4O4S.4C2H6/c34-26(35)15-16-30-29(37)25(33-28(36)23-9-5-2-6-10-23)17-20-11-13-22(14-12-20)27-31-18-24(19-32-27)21-7-3-1-4-8-21;32-24(33)12-13-28-26(34)22(31-27(35)23-7-4-14-36-23)15-18-8-10-20(11-9-18)25-29-16-21(17-30-25)19-5-2-1-3-6-19;4*1-2/h1-14,18-19,25H,15-17H2,(H,30,37)(H,33,36)(H,34,35);1-11,14,16-17,22H,12-13,15H2,(H,28,34)(H,31,35)(H,32,33);4*1-2H3. The molecule has 0 aliphatic rings. The second-order valence-corrected chi connectivity index (χ2v) is 17.3. The van der Waals surface area contributed by atoms with Crippen molar-refractivity contribution in [3.63, 3.8) is 0 Å². The van der Waals surface area contributed by atoms with Gasteiger partial charge in [0.25, 0.3) is 11.8 Å². The minimum absolute atomic E-state index is 0.0191. The highest BCUT2D eigenvalue weighted by molar-refractivity contribution is 7.12. The first-order valence-electron chi connectivity index (χ1n) is 27.1. The SMILES string of the molecule is CC.CC.CC.CC.O=C(O)CCNC(=O)C(Cc1ccc(-c2ncc(-c3ccccc3)cn2)cc1)NC(=O)c1ccccc1.O=C(O)CCNC(=O)C(Cc1ccc(-c2ncc(-c3ccccc3)cn2)cc1)NC(=O)c1cccs1. The molecule has 6 N–H and O–H groups in total. The Morgan fingerprint density at radius 1 is 0.420 bits per heavy atom. The van der Waals surface area contributed by atoms with E-state index in [9.17, 15) is 28.8 Å². The van der Waals surface area contributed by atoms with Crippen LogP contribution in [0.3, 0.4) is 0 Å². The van der Waals surface area contributed by atoms with Crippen LogP contribution in [0, 0.1) is 0 Å². The fourth-order valence-electron chi connectivity index (χ4n) is 7.28. The largest absolute Gasteiger partial charge is 0.481 e. The van der Waals surface area contributed by atoms with Crippen LogP contribution in [-0.2, 0) is 32.0 Å². The van der Waals surface area contributed by atoms with Gasteiger partial charge in [0.05, 0.1) is 17.7 Å². The lowest BCUT2D eigenvalue weighted by Crippen LogP contribution is -2.48. The number of amides is 4. The quantitative estimate of drug-likeness (QED) is 0.0418. The van der Waals surface area contributed by atoms with Gasteiger partial charge in [-0.3, -0.25) is 28.8 Å². The Balaban J connectivity index is 0.000000379. The van der Waals surface area contributed by atoms with Gasteiger partial charge in [-0.1, -0.05) is 189 Å². The Morgan fingerprint density at radius 3 is 1.12 bits per heavy atom. The number of carboxylic acids is 2. The Bertz CT molecular complexity index is 3080. The number of nitrogens with one attached hydrogen (secondary N) is 4. The topological polar surface area (TPSA) is 243 Å². The van der Waals surface area contributed by atoms with E-state index >= 15 is 0 Å². The van der Waals surface area contributed by atoms with Gasteiger partial charge in [0, 0.05) is 78.5 Å². The van der Waals surface area contributed by atoms with Crippen molar-refractivity contribution in [1.29, 1.82) is 0 Å². The molecule has 0 fully saturated rings. The summed E-state index contributed by atoms with van der Waals surface area (Å²) in [6.45, 7) is 16.0. The molecule has 0 spiro atoms. The maximum Gasteiger partial charge on any atom is 0.305 e. The fraction of sp³-hybridized carbons (Fsp3) is 0.250. The number of carboxylic acid groups (broad SMARTS) is 2. The van der Waals surface area contributed by atoms with E-state index in [0.29, 0.717) is 22.1 Å². The van der Waals surface area contributed by atoms with Crippen LogP contribution in [0.5, 0.6) is 0 Å². The Labute approximate surface area is 479 Å². The molecule has 0 saturated heterocycles. The van der Waals surface area contributed by atoms with Crippen molar-refractivity contribution >= 4 is 46.9 Å². The number of carbonyl (C=O) groups is 6. The lowest BCUT2D eigenvalue weighted by atomic mass is 10.0. The highest BCUT2D eigenvalue weighted by Crippen LogP contribution is 2.23. The molecule has 2 unspecified atom stereocenters. The molecule has 424 valence electrons. The maximum atomic E-state index is 12.8. The van der Waals surface area contributed by atoms with E-state index in [2.05, 4.69) is 41.2 Å². The molecule has 17 heteroatoms. The minimum Gasteiger partial charge on any atom is -0.481 e. The second-order valence-electron chi connectivity index (χ2n) is 16.4. The predicted molar refractivity (Wildman–Crippen MR) is 322 cm³/mol. The average Bonchev–Trinajstić information content (AvgIpc) is 4.08. The molecule has 0 aliphatic heterocycles. The van der Waals surface area contributed by atoms with Gasteiger partial charge in [-0.05, 0) is 45.8 Å². The summed E-state index contributed by atoms with van der Waals surface area (Å²) in [6, 6.07) is 45.0. The molecule has 81 heavy (non-hydrogen) atoms. The number of nitrogens with zero attached hydrogens (tertiary/aromatic N) is 4. The van der Waals surface area contributed by atoms with Gasteiger partial charge in [0.2, 0.25) is 11.8 Å². The van der Waals surface area contributed by atoms with Gasteiger partial charge in [0.1, 0.15) is 12.1 Å². The van der Waals surface area contributed by atoms with Crippen molar-refractivity contribution in [3.05, 3.63) is 203 Å². The number of rotatable bonds is 20. The number of thiophene rings is 1. The van der Waals surface area contributed by atoms with E-state index in [1.165, 1.54) is 11.3 Å². The first-order chi connectivity index (χ1) is 39.5. The molecule has 3 aromatic heterocycles. The van der Waals surface area contributed by atoms with Crippen molar-refractivity contribution < 1.29 is 39.0 Å². The lowest BCUT2D eigenvalue weighted by Gasteiger charge is -2.19. The van der Waals surface area contributed by atoms with Crippen molar-refractivity contribution in [1.82, 2.24) is 41.2 Å². The maximum absolute atomic E-state index is 12.8. The molecule has 2 atom stereocenters.